The van der Waals surface area contributed by atoms with Gasteiger partial charge in [0.25, 0.3) is 0 Å². The summed E-state index contributed by atoms with van der Waals surface area (Å²) in [5.41, 5.74) is 4.63. The zero-order valence-electron chi connectivity index (χ0n) is 17.8. The third-order valence-corrected chi connectivity index (χ3v) is 4.64. The summed E-state index contributed by atoms with van der Waals surface area (Å²) in [5.74, 6) is -0.461. The molecule has 0 unspecified atom stereocenters. The van der Waals surface area contributed by atoms with Gasteiger partial charge in [-0.15, -0.1) is 0 Å². The van der Waals surface area contributed by atoms with Gasteiger partial charge in [-0.25, -0.2) is 18.6 Å². The Morgan fingerprint density at radius 3 is 1.68 bits per heavy atom. The molecule has 0 aliphatic heterocycles. The number of nitrogens with one attached hydrogen (secondary N) is 3. The molecule has 0 saturated carbocycles. The van der Waals surface area contributed by atoms with E-state index in [0.29, 0.717) is 18.7 Å². The average molecular weight is 463 g/mol. The topological polar surface area (TPSA) is 87.1 Å². The summed E-state index contributed by atoms with van der Waals surface area (Å²) in [7, 11) is 0. The van der Waals surface area contributed by atoms with Crippen LogP contribution in [0, 0.1) is 17.5 Å². The average Bonchev–Trinajstić information content (AvgIpc) is 2.84. The fraction of sp³-hybridized carbons (Fsp3) is 0.0833. The Kier molecular flexibility index (Phi) is 7.28. The van der Waals surface area contributed by atoms with E-state index in [9.17, 15) is 13.2 Å². The Bertz CT molecular complexity index is 1190. The first-order valence-corrected chi connectivity index (χ1v) is 10.3. The van der Waals surface area contributed by atoms with Crippen LogP contribution < -0.4 is 16.1 Å². The van der Waals surface area contributed by atoms with Crippen molar-refractivity contribution in [2.45, 2.75) is 13.1 Å². The molecule has 4 aromatic rings. The van der Waals surface area contributed by atoms with Crippen LogP contribution in [0.4, 0.5) is 31.0 Å². The molecule has 0 aliphatic carbocycles. The Balaban J connectivity index is 1.50. The van der Waals surface area contributed by atoms with E-state index in [0.717, 1.165) is 11.1 Å². The van der Waals surface area contributed by atoms with Gasteiger partial charge in [0.2, 0.25) is 17.8 Å². The van der Waals surface area contributed by atoms with Gasteiger partial charge in [0.1, 0.15) is 17.5 Å². The molecule has 3 N–H and O–H groups in total. The van der Waals surface area contributed by atoms with Crippen LogP contribution >= 0.6 is 0 Å². The Labute approximate surface area is 193 Å². The van der Waals surface area contributed by atoms with E-state index in [2.05, 4.69) is 36.1 Å². The minimum atomic E-state index is -0.410. The third kappa shape index (κ3) is 6.52. The van der Waals surface area contributed by atoms with Crippen LogP contribution in [-0.4, -0.2) is 21.2 Å². The van der Waals surface area contributed by atoms with Crippen molar-refractivity contribution in [1.29, 1.82) is 0 Å². The van der Waals surface area contributed by atoms with Crippen LogP contribution in [0.2, 0.25) is 0 Å². The second-order valence-corrected chi connectivity index (χ2v) is 7.16. The second kappa shape index (κ2) is 10.9. The first-order valence-electron chi connectivity index (χ1n) is 10.3. The number of halogens is 3. The molecule has 0 fully saturated rings. The van der Waals surface area contributed by atoms with Gasteiger partial charge in [-0.05, 0) is 41.5 Å². The molecule has 0 atom stereocenters. The van der Waals surface area contributed by atoms with Crippen molar-refractivity contribution in [3.63, 3.8) is 0 Å². The van der Waals surface area contributed by atoms with Gasteiger partial charge < -0.3 is 10.6 Å². The molecular formula is C24H20F3N7. The number of anilines is 3. The molecule has 0 bridgehead atoms. The summed E-state index contributed by atoms with van der Waals surface area (Å²) >= 11 is 0. The van der Waals surface area contributed by atoms with Crippen molar-refractivity contribution in [2.24, 2.45) is 5.10 Å². The predicted molar refractivity (Wildman–Crippen MR) is 125 cm³/mol. The second-order valence-electron chi connectivity index (χ2n) is 7.16. The molecule has 172 valence electrons. The standard InChI is InChI=1S/C24H20F3N7/c25-19-9-5-16(6-10-19)13-28-22-31-23(29-14-17-7-11-20(26)12-8-17)33-24(32-22)34-30-15-18-3-1-2-4-21(18)27/h1-12,15H,13-14H2,(H3,28,29,31,32,33,34)/b30-15+. The summed E-state index contributed by atoms with van der Waals surface area (Å²) in [5, 5.41) is 10.1. The number of hydrogen-bond donors (Lipinski definition) is 3. The zero-order chi connectivity index (χ0) is 23.8. The highest BCUT2D eigenvalue weighted by molar-refractivity contribution is 5.80. The molecule has 0 aliphatic rings. The quantitative estimate of drug-likeness (QED) is 0.240. The van der Waals surface area contributed by atoms with Crippen molar-refractivity contribution in [2.75, 3.05) is 16.1 Å². The van der Waals surface area contributed by atoms with Crippen LogP contribution in [-0.2, 0) is 13.1 Å². The predicted octanol–water partition coefficient (Wildman–Crippen LogP) is 4.96. The van der Waals surface area contributed by atoms with Gasteiger partial charge in [0.05, 0.1) is 6.21 Å². The van der Waals surface area contributed by atoms with Crippen LogP contribution in [0.25, 0.3) is 0 Å². The lowest BCUT2D eigenvalue weighted by Crippen LogP contribution is -2.11. The largest absolute Gasteiger partial charge is 0.350 e. The monoisotopic (exact) mass is 463 g/mol. The zero-order valence-corrected chi connectivity index (χ0v) is 17.8. The fourth-order valence-electron chi connectivity index (χ4n) is 2.89. The van der Waals surface area contributed by atoms with Gasteiger partial charge >= 0.3 is 0 Å². The Hall–Kier alpha value is -4.47. The molecule has 34 heavy (non-hydrogen) atoms. The number of benzene rings is 3. The van der Waals surface area contributed by atoms with Crippen LogP contribution in [0.3, 0.4) is 0 Å². The first kappa shape index (κ1) is 22.7. The highest BCUT2D eigenvalue weighted by Crippen LogP contribution is 2.13. The van der Waals surface area contributed by atoms with E-state index in [4.69, 9.17) is 0 Å². The van der Waals surface area contributed by atoms with Crippen LogP contribution in [0.5, 0.6) is 0 Å². The van der Waals surface area contributed by atoms with Gasteiger partial charge in [0.15, 0.2) is 0 Å². The lowest BCUT2D eigenvalue weighted by Gasteiger charge is -2.10. The number of aromatic nitrogens is 3. The summed E-state index contributed by atoms with van der Waals surface area (Å²) < 4.78 is 40.1. The van der Waals surface area contributed by atoms with Crippen LogP contribution in [0.15, 0.2) is 77.9 Å². The minimum Gasteiger partial charge on any atom is -0.350 e. The van der Waals surface area contributed by atoms with Crippen molar-refractivity contribution in [3.8, 4) is 0 Å². The Morgan fingerprint density at radius 1 is 0.647 bits per heavy atom. The third-order valence-electron chi connectivity index (χ3n) is 4.64. The maximum atomic E-state index is 13.8. The van der Waals surface area contributed by atoms with Crippen molar-refractivity contribution < 1.29 is 13.2 Å². The minimum absolute atomic E-state index is 0.116. The van der Waals surface area contributed by atoms with Crippen molar-refractivity contribution >= 4 is 24.1 Å². The number of nitrogens with zero attached hydrogens (tertiary/aromatic N) is 4. The lowest BCUT2D eigenvalue weighted by molar-refractivity contribution is 0.625. The van der Waals surface area contributed by atoms with E-state index in [1.807, 2.05) is 0 Å². The molecule has 0 spiro atoms. The van der Waals surface area contributed by atoms with E-state index >= 15 is 0 Å². The molecular weight excluding hydrogens is 443 g/mol. The van der Waals surface area contributed by atoms with E-state index in [1.54, 1.807) is 42.5 Å². The fourth-order valence-corrected chi connectivity index (χ4v) is 2.89. The highest BCUT2D eigenvalue weighted by Gasteiger charge is 2.07. The van der Waals surface area contributed by atoms with E-state index < -0.39 is 5.82 Å². The lowest BCUT2D eigenvalue weighted by atomic mass is 10.2. The van der Waals surface area contributed by atoms with E-state index in [-0.39, 0.29) is 29.5 Å². The number of rotatable bonds is 9. The van der Waals surface area contributed by atoms with Gasteiger partial charge in [-0.2, -0.15) is 20.1 Å². The molecule has 7 nitrogen and oxygen atoms in total. The molecule has 0 amide bonds. The first-order chi connectivity index (χ1) is 16.5. The van der Waals surface area contributed by atoms with Crippen molar-refractivity contribution in [3.05, 3.63) is 107 Å². The van der Waals surface area contributed by atoms with Gasteiger partial charge in [0, 0.05) is 18.7 Å². The summed E-state index contributed by atoms with van der Waals surface area (Å²) in [4.78, 5) is 12.9. The number of hydrazone groups is 1. The molecule has 1 aromatic heterocycles. The molecule has 0 saturated heterocycles. The smallest absolute Gasteiger partial charge is 0.250 e. The van der Waals surface area contributed by atoms with Gasteiger partial charge in [-0.3, -0.25) is 0 Å². The SMILES string of the molecule is Fc1ccc(CNc2nc(NCc3ccc(F)cc3)nc(N/N=C/c3ccccc3F)n2)cc1. The normalized spacial score (nSPS) is 10.9. The van der Waals surface area contributed by atoms with Crippen LogP contribution in [0.1, 0.15) is 16.7 Å². The molecule has 1 heterocycles. The summed E-state index contributed by atoms with van der Waals surface area (Å²) in [6.45, 7) is 0.694. The summed E-state index contributed by atoms with van der Waals surface area (Å²) in [6, 6.07) is 18.3. The number of hydrogen-bond acceptors (Lipinski definition) is 7. The molecule has 10 heteroatoms. The van der Waals surface area contributed by atoms with Crippen molar-refractivity contribution in [1.82, 2.24) is 15.0 Å². The van der Waals surface area contributed by atoms with Gasteiger partial charge in [-0.1, -0.05) is 42.5 Å². The van der Waals surface area contributed by atoms with E-state index in [1.165, 1.54) is 36.5 Å². The highest BCUT2D eigenvalue weighted by atomic mass is 19.1. The Morgan fingerprint density at radius 2 is 1.15 bits per heavy atom. The molecule has 4 rings (SSSR count). The molecule has 0 radical (unpaired) electrons. The molecule has 3 aromatic carbocycles. The summed E-state index contributed by atoms with van der Waals surface area (Å²) in [6.07, 6.45) is 1.32. The maximum absolute atomic E-state index is 13.8. The maximum Gasteiger partial charge on any atom is 0.250 e.